The highest BCUT2D eigenvalue weighted by atomic mass is 79.9. The molecule has 1 unspecified atom stereocenters. The molecule has 3 amide bonds. The highest BCUT2D eigenvalue weighted by Crippen LogP contribution is 2.25. The van der Waals surface area contributed by atoms with E-state index < -0.39 is 36.2 Å². The van der Waals surface area contributed by atoms with Crippen LogP contribution in [0.5, 0.6) is 0 Å². The lowest BCUT2D eigenvalue weighted by atomic mass is 10.0. The lowest BCUT2D eigenvalue weighted by Crippen LogP contribution is -2.53. The van der Waals surface area contributed by atoms with Crippen LogP contribution in [-0.4, -0.2) is 46.1 Å². The second kappa shape index (κ2) is 9.84. The van der Waals surface area contributed by atoms with E-state index >= 15 is 0 Å². The molecule has 2 aromatic carbocycles. The summed E-state index contributed by atoms with van der Waals surface area (Å²) in [4.78, 5) is 54.1. The van der Waals surface area contributed by atoms with E-state index in [1.54, 1.807) is 42.5 Å². The van der Waals surface area contributed by atoms with Gasteiger partial charge in [0, 0.05) is 15.9 Å². The van der Waals surface area contributed by atoms with Crippen molar-refractivity contribution in [3.63, 3.8) is 0 Å². The van der Waals surface area contributed by atoms with Gasteiger partial charge in [0.1, 0.15) is 12.4 Å². The van der Waals surface area contributed by atoms with Gasteiger partial charge in [0.2, 0.25) is 5.91 Å². The van der Waals surface area contributed by atoms with Crippen LogP contribution < -0.4 is 5.32 Å². The maximum absolute atomic E-state index is 13.2. The van der Waals surface area contributed by atoms with Crippen LogP contribution in [0.2, 0.25) is 5.02 Å². The van der Waals surface area contributed by atoms with Crippen molar-refractivity contribution in [2.75, 3.05) is 6.54 Å². The summed E-state index contributed by atoms with van der Waals surface area (Å²) in [6, 6.07) is 14.2. The number of amides is 3. The fourth-order valence-corrected chi connectivity index (χ4v) is 3.66. The number of aliphatic carboxylic acids is 1. The van der Waals surface area contributed by atoms with E-state index in [0.29, 0.717) is 10.6 Å². The maximum Gasteiger partial charge on any atom is 0.322 e. The molecule has 160 valence electrons. The molecule has 0 fully saturated rings. The van der Waals surface area contributed by atoms with Crippen LogP contribution in [0.3, 0.4) is 0 Å². The van der Waals surface area contributed by atoms with Crippen LogP contribution in [0.15, 0.2) is 58.0 Å². The Morgan fingerprint density at radius 3 is 2.39 bits per heavy atom. The Morgan fingerprint density at radius 2 is 1.74 bits per heavy atom. The monoisotopic (exact) mass is 505 g/mol. The summed E-state index contributed by atoms with van der Waals surface area (Å²) >= 11 is 9.66. The van der Waals surface area contributed by atoms with Crippen molar-refractivity contribution in [2.24, 2.45) is 10.9 Å². The second-order valence-electron chi connectivity index (χ2n) is 6.69. The SMILES string of the molecule is O=C(O)CNC(=O)C1C(=O)N=C(Cc2ccccc2Cl)N(Cc2ccccc2Br)C1=O. The van der Waals surface area contributed by atoms with Gasteiger partial charge in [-0.05, 0) is 23.3 Å². The molecule has 0 saturated carbocycles. The average molecular weight is 507 g/mol. The summed E-state index contributed by atoms with van der Waals surface area (Å²) in [6.45, 7) is -0.657. The number of nitrogens with one attached hydrogen (secondary N) is 1. The number of carbonyl (C=O) groups is 4. The highest BCUT2D eigenvalue weighted by molar-refractivity contribution is 9.10. The van der Waals surface area contributed by atoms with Gasteiger partial charge in [-0.2, -0.15) is 4.99 Å². The average Bonchev–Trinajstić information content (AvgIpc) is 2.72. The molecule has 8 nitrogen and oxygen atoms in total. The van der Waals surface area contributed by atoms with Crippen molar-refractivity contribution in [1.29, 1.82) is 0 Å². The van der Waals surface area contributed by atoms with Gasteiger partial charge in [-0.15, -0.1) is 0 Å². The van der Waals surface area contributed by atoms with Crippen LogP contribution in [0, 0.1) is 5.92 Å². The number of carboxylic acids is 1. The van der Waals surface area contributed by atoms with Crippen molar-refractivity contribution in [3.05, 3.63) is 69.2 Å². The lowest BCUT2D eigenvalue weighted by molar-refractivity contribution is -0.148. The molecule has 31 heavy (non-hydrogen) atoms. The van der Waals surface area contributed by atoms with Crippen molar-refractivity contribution in [2.45, 2.75) is 13.0 Å². The fraction of sp³-hybridized carbons (Fsp3) is 0.190. The summed E-state index contributed by atoms with van der Waals surface area (Å²) in [5.74, 6) is -5.62. The molecule has 0 aromatic heterocycles. The van der Waals surface area contributed by atoms with Gasteiger partial charge in [-0.25, -0.2) is 0 Å². The number of benzene rings is 2. The van der Waals surface area contributed by atoms with Gasteiger partial charge in [0.15, 0.2) is 5.92 Å². The lowest BCUT2D eigenvalue weighted by Gasteiger charge is -2.31. The van der Waals surface area contributed by atoms with Gasteiger partial charge in [-0.3, -0.25) is 24.1 Å². The first-order chi connectivity index (χ1) is 14.8. The second-order valence-corrected chi connectivity index (χ2v) is 7.96. The first-order valence-electron chi connectivity index (χ1n) is 9.17. The molecule has 1 atom stereocenters. The van der Waals surface area contributed by atoms with Gasteiger partial charge in [-0.1, -0.05) is 63.9 Å². The predicted octanol–water partition coefficient (Wildman–Crippen LogP) is 2.43. The third-order valence-corrected chi connectivity index (χ3v) is 5.72. The third kappa shape index (κ3) is 5.36. The number of carbonyl (C=O) groups excluding carboxylic acids is 3. The Kier molecular flexibility index (Phi) is 7.19. The summed E-state index contributed by atoms with van der Waals surface area (Å²) in [7, 11) is 0. The van der Waals surface area contributed by atoms with E-state index in [1.165, 1.54) is 4.90 Å². The summed E-state index contributed by atoms with van der Waals surface area (Å²) in [6.07, 6.45) is 0.102. The van der Waals surface area contributed by atoms with Gasteiger partial charge in [0.05, 0.1) is 6.54 Å². The maximum atomic E-state index is 13.2. The Labute approximate surface area is 191 Å². The molecule has 0 spiro atoms. The molecule has 0 saturated heterocycles. The predicted molar refractivity (Wildman–Crippen MR) is 116 cm³/mol. The Bertz CT molecular complexity index is 1090. The molecule has 1 aliphatic rings. The normalized spacial score (nSPS) is 16.1. The Balaban J connectivity index is 1.97. The number of carboxylic acid groups (broad SMARTS) is 1. The number of halogens is 2. The summed E-state index contributed by atoms with van der Waals surface area (Å²) < 4.78 is 0.740. The quantitative estimate of drug-likeness (QED) is 0.560. The number of nitrogens with zero attached hydrogens (tertiary/aromatic N) is 2. The van der Waals surface area contributed by atoms with E-state index in [4.69, 9.17) is 16.7 Å². The Hall–Kier alpha value is -3.04. The van der Waals surface area contributed by atoms with Gasteiger partial charge in [0.25, 0.3) is 11.8 Å². The van der Waals surface area contributed by atoms with Gasteiger partial charge >= 0.3 is 5.97 Å². The molecular weight excluding hydrogens is 490 g/mol. The van der Waals surface area contributed by atoms with Crippen LogP contribution >= 0.6 is 27.5 Å². The third-order valence-electron chi connectivity index (χ3n) is 4.58. The zero-order chi connectivity index (χ0) is 22.5. The first-order valence-corrected chi connectivity index (χ1v) is 10.3. The van der Waals surface area contributed by atoms with Crippen molar-refractivity contribution >= 4 is 57.1 Å². The molecule has 1 heterocycles. The Morgan fingerprint density at radius 1 is 1.10 bits per heavy atom. The van der Waals surface area contributed by atoms with E-state index in [0.717, 1.165) is 10.0 Å². The molecule has 0 aliphatic carbocycles. The minimum absolute atomic E-state index is 0.0551. The molecule has 10 heteroatoms. The molecule has 2 aromatic rings. The summed E-state index contributed by atoms with van der Waals surface area (Å²) in [5.41, 5.74) is 1.40. The van der Waals surface area contributed by atoms with Crippen LogP contribution in [-0.2, 0) is 32.1 Å². The van der Waals surface area contributed by atoms with E-state index in [9.17, 15) is 19.2 Å². The molecule has 0 bridgehead atoms. The standard InChI is InChI=1S/C21H17BrClN3O5/c22-14-7-3-1-6-13(14)11-26-16(9-12-5-2-4-8-15(12)23)25-20(30)18(21(26)31)19(29)24-10-17(27)28/h1-8,18H,9-11H2,(H,24,29)(H,27,28). The minimum Gasteiger partial charge on any atom is -0.480 e. The molecular formula is C21H17BrClN3O5. The van der Waals surface area contributed by atoms with E-state index in [-0.39, 0.29) is 18.8 Å². The minimum atomic E-state index is -1.75. The van der Waals surface area contributed by atoms with Gasteiger partial charge < -0.3 is 10.4 Å². The van der Waals surface area contributed by atoms with Crippen molar-refractivity contribution in [3.8, 4) is 0 Å². The van der Waals surface area contributed by atoms with E-state index in [2.05, 4.69) is 26.2 Å². The smallest absolute Gasteiger partial charge is 0.322 e. The number of amidine groups is 1. The van der Waals surface area contributed by atoms with Crippen LogP contribution in [0.4, 0.5) is 0 Å². The fourth-order valence-electron chi connectivity index (χ4n) is 3.04. The van der Waals surface area contributed by atoms with E-state index in [1.807, 2.05) is 6.07 Å². The zero-order valence-electron chi connectivity index (χ0n) is 16.0. The highest BCUT2D eigenvalue weighted by Gasteiger charge is 2.42. The number of rotatable bonds is 7. The van der Waals surface area contributed by atoms with Crippen molar-refractivity contribution in [1.82, 2.24) is 10.2 Å². The van der Waals surface area contributed by atoms with Crippen molar-refractivity contribution < 1.29 is 24.3 Å². The van der Waals surface area contributed by atoms with Crippen LogP contribution in [0.25, 0.3) is 0 Å². The molecule has 3 rings (SSSR count). The topological polar surface area (TPSA) is 116 Å². The first kappa shape index (κ1) is 22.6. The van der Waals surface area contributed by atoms with Crippen LogP contribution in [0.1, 0.15) is 11.1 Å². The number of hydrogen-bond donors (Lipinski definition) is 2. The molecule has 2 N–H and O–H groups in total. The number of hydrogen-bond acceptors (Lipinski definition) is 4. The molecule has 1 aliphatic heterocycles. The largest absolute Gasteiger partial charge is 0.480 e. The zero-order valence-corrected chi connectivity index (χ0v) is 18.4. The summed E-state index contributed by atoms with van der Waals surface area (Å²) in [5, 5.41) is 11.3. The molecule has 0 radical (unpaired) electrons. The number of aliphatic imine (C=N–C) groups is 1.